The molecule has 23 heavy (non-hydrogen) atoms. The fourth-order valence-corrected chi connectivity index (χ4v) is 2.10. The molecule has 2 N–H and O–H groups in total. The molecule has 0 radical (unpaired) electrons. The molecule has 7 heteroatoms. The minimum Gasteiger partial charge on any atom is -0.486 e. The van der Waals surface area contributed by atoms with Crippen LogP contribution in [-0.4, -0.2) is 20.9 Å². The molecular formula is C16H14N4O3. The normalized spacial score (nSPS) is 10.5. The average Bonchev–Trinajstić information content (AvgIpc) is 2.54. The lowest BCUT2D eigenvalue weighted by atomic mass is 10.3. The van der Waals surface area contributed by atoms with Crippen LogP contribution >= 0.6 is 0 Å². The Balaban J connectivity index is 1.73. The number of pyridine rings is 1. The predicted octanol–water partition coefficient (Wildman–Crippen LogP) is 1.86. The molecule has 0 spiro atoms. The Kier molecular flexibility index (Phi) is 4.01. The van der Waals surface area contributed by atoms with E-state index in [1.165, 1.54) is 13.1 Å². The summed E-state index contributed by atoms with van der Waals surface area (Å²) in [4.78, 5) is 33.8. The van der Waals surface area contributed by atoms with Gasteiger partial charge in [0.1, 0.15) is 18.2 Å². The highest BCUT2D eigenvalue weighted by Gasteiger charge is 2.04. The first-order chi connectivity index (χ1) is 11.1. The zero-order valence-electron chi connectivity index (χ0n) is 12.4. The van der Waals surface area contributed by atoms with Crippen LogP contribution in [0.1, 0.15) is 12.7 Å². The minimum atomic E-state index is -0.225. The molecule has 0 aliphatic carbocycles. The lowest BCUT2D eigenvalue weighted by Gasteiger charge is -2.07. The van der Waals surface area contributed by atoms with Crippen LogP contribution in [0.25, 0.3) is 10.9 Å². The number of fused-ring (bicyclic) bond motifs is 1. The number of amides is 1. The van der Waals surface area contributed by atoms with Crippen LogP contribution in [0.5, 0.6) is 5.75 Å². The highest BCUT2D eigenvalue weighted by atomic mass is 16.5. The smallest absolute Gasteiger partial charge is 0.258 e. The van der Waals surface area contributed by atoms with Gasteiger partial charge in [-0.1, -0.05) is 0 Å². The number of aromatic amines is 1. The van der Waals surface area contributed by atoms with E-state index in [1.54, 1.807) is 36.5 Å². The van der Waals surface area contributed by atoms with Crippen LogP contribution < -0.4 is 15.6 Å². The Bertz CT molecular complexity index is 903. The van der Waals surface area contributed by atoms with Crippen molar-refractivity contribution in [2.75, 3.05) is 5.32 Å². The van der Waals surface area contributed by atoms with Crippen molar-refractivity contribution >= 4 is 22.5 Å². The molecule has 0 aliphatic heterocycles. The lowest BCUT2D eigenvalue weighted by Crippen LogP contribution is -2.13. The van der Waals surface area contributed by atoms with Crippen molar-refractivity contribution in [1.29, 1.82) is 0 Å². The number of benzene rings is 1. The summed E-state index contributed by atoms with van der Waals surface area (Å²) in [5.41, 5.74) is 0.987. The molecule has 0 unspecified atom stereocenters. The van der Waals surface area contributed by atoms with Gasteiger partial charge in [-0.25, -0.2) is 4.98 Å². The maximum atomic E-state index is 11.9. The van der Waals surface area contributed by atoms with E-state index in [0.717, 1.165) is 0 Å². The molecule has 7 nitrogen and oxygen atoms in total. The zero-order valence-corrected chi connectivity index (χ0v) is 12.4. The Morgan fingerprint density at radius 2 is 2.04 bits per heavy atom. The standard InChI is InChI=1S/C16H14N4O3/c1-10(21)18-11-2-4-12(5-3-11)23-9-15-19-14-8-17-7-6-13(14)16(22)20-15/h2-8H,9H2,1H3,(H,18,21)(H,19,20,22). The maximum Gasteiger partial charge on any atom is 0.258 e. The highest BCUT2D eigenvalue weighted by molar-refractivity contribution is 5.88. The van der Waals surface area contributed by atoms with Gasteiger partial charge in [0, 0.05) is 18.8 Å². The molecule has 0 bridgehead atoms. The molecule has 3 aromatic rings. The van der Waals surface area contributed by atoms with Gasteiger partial charge in [-0.15, -0.1) is 0 Å². The Morgan fingerprint density at radius 3 is 2.78 bits per heavy atom. The van der Waals surface area contributed by atoms with E-state index in [1.807, 2.05) is 0 Å². The molecule has 0 saturated carbocycles. The monoisotopic (exact) mass is 310 g/mol. The van der Waals surface area contributed by atoms with Crippen LogP contribution in [0.3, 0.4) is 0 Å². The second-order valence-electron chi connectivity index (χ2n) is 4.90. The molecule has 0 fully saturated rings. The SMILES string of the molecule is CC(=O)Nc1ccc(OCc2nc3cnccc3c(=O)[nH]2)cc1. The van der Waals surface area contributed by atoms with Crippen LogP contribution in [-0.2, 0) is 11.4 Å². The number of ether oxygens (including phenoxy) is 1. The number of hydrogen-bond donors (Lipinski definition) is 2. The number of hydrogen-bond acceptors (Lipinski definition) is 5. The van der Waals surface area contributed by atoms with Crippen LogP contribution in [0.2, 0.25) is 0 Å². The van der Waals surface area contributed by atoms with Crippen LogP contribution in [0, 0.1) is 0 Å². The summed E-state index contributed by atoms with van der Waals surface area (Å²) in [6, 6.07) is 8.54. The molecule has 1 aromatic carbocycles. The van der Waals surface area contributed by atoms with E-state index < -0.39 is 0 Å². The van der Waals surface area contributed by atoms with Crippen molar-refractivity contribution in [3.05, 3.63) is 58.9 Å². The van der Waals surface area contributed by atoms with Gasteiger partial charge in [0.2, 0.25) is 5.91 Å². The van der Waals surface area contributed by atoms with E-state index in [0.29, 0.717) is 28.2 Å². The third kappa shape index (κ3) is 3.52. The molecule has 2 aromatic heterocycles. The Labute approximate surface area is 131 Å². The molecule has 1 amide bonds. The first-order valence-electron chi connectivity index (χ1n) is 6.95. The molecule has 0 atom stereocenters. The summed E-state index contributed by atoms with van der Waals surface area (Å²) < 4.78 is 5.59. The minimum absolute atomic E-state index is 0.125. The van der Waals surface area contributed by atoms with Gasteiger partial charge < -0.3 is 15.0 Å². The number of nitrogens with zero attached hydrogens (tertiary/aromatic N) is 2. The zero-order chi connectivity index (χ0) is 16.2. The average molecular weight is 310 g/mol. The number of nitrogens with one attached hydrogen (secondary N) is 2. The number of H-pyrrole nitrogens is 1. The third-order valence-electron chi connectivity index (χ3n) is 3.11. The fraction of sp³-hybridized carbons (Fsp3) is 0.125. The summed E-state index contributed by atoms with van der Waals surface area (Å²) >= 11 is 0. The van der Waals surface area contributed by atoms with Crippen LogP contribution in [0.4, 0.5) is 5.69 Å². The first kappa shape index (κ1) is 14.7. The van der Waals surface area contributed by atoms with Crippen LogP contribution in [0.15, 0.2) is 47.5 Å². The summed E-state index contributed by atoms with van der Waals surface area (Å²) in [6.45, 7) is 1.57. The van der Waals surface area contributed by atoms with E-state index in [-0.39, 0.29) is 18.1 Å². The summed E-state index contributed by atoms with van der Waals surface area (Å²) in [7, 11) is 0. The van der Waals surface area contributed by atoms with Gasteiger partial charge in [0.25, 0.3) is 5.56 Å². The number of carbonyl (C=O) groups excluding carboxylic acids is 1. The van der Waals surface area contributed by atoms with Crippen molar-refractivity contribution in [2.45, 2.75) is 13.5 Å². The fourth-order valence-electron chi connectivity index (χ4n) is 2.10. The van der Waals surface area contributed by atoms with Crippen molar-refractivity contribution in [2.24, 2.45) is 0 Å². The molecule has 2 heterocycles. The molecule has 0 saturated heterocycles. The van der Waals surface area contributed by atoms with Gasteiger partial charge in [0.15, 0.2) is 0 Å². The second kappa shape index (κ2) is 6.27. The van der Waals surface area contributed by atoms with E-state index >= 15 is 0 Å². The maximum absolute atomic E-state index is 11.9. The summed E-state index contributed by atoms with van der Waals surface area (Å²) in [5.74, 6) is 0.889. The molecule has 3 rings (SSSR count). The summed E-state index contributed by atoms with van der Waals surface area (Å²) in [5, 5.41) is 3.16. The topological polar surface area (TPSA) is 97.0 Å². The molecule has 116 valence electrons. The van der Waals surface area contributed by atoms with Crippen molar-refractivity contribution in [3.63, 3.8) is 0 Å². The van der Waals surface area contributed by atoms with Crippen molar-refractivity contribution in [3.8, 4) is 5.75 Å². The first-order valence-corrected chi connectivity index (χ1v) is 6.95. The molecule has 0 aliphatic rings. The van der Waals surface area contributed by atoms with Gasteiger partial charge in [-0.05, 0) is 30.3 Å². The third-order valence-corrected chi connectivity index (χ3v) is 3.11. The number of carbonyl (C=O) groups is 1. The van der Waals surface area contributed by atoms with Crippen molar-refractivity contribution < 1.29 is 9.53 Å². The summed E-state index contributed by atoms with van der Waals surface area (Å²) in [6.07, 6.45) is 3.09. The lowest BCUT2D eigenvalue weighted by molar-refractivity contribution is -0.114. The van der Waals surface area contributed by atoms with Gasteiger partial charge in [-0.2, -0.15) is 0 Å². The van der Waals surface area contributed by atoms with E-state index in [9.17, 15) is 9.59 Å². The number of aromatic nitrogens is 3. The van der Waals surface area contributed by atoms with E-state index in [4.69, 9.17) is 4.74 Å². The quantitative estimate of drug-likeness (QED) is 0.766. The number of anilines is 1. The predicted molar refractivity (Wildman–Crippen MR) is 85.2 cm³/mol. The van der Waals surface area contributed by atoms with E-state index in [2.05, 4.69) is 20.3 Å². The Morgan fingerprint density at radius 1 is 1.26 bits per heavy atom. The Hall–Kier alpha value is -3.22. The van der Waals surface area contributed by atoms with Crippen molar-refractivity contribution in [1.82, 2.24) is 15.0 Å². The highest BCUT2D eigenvalue weighted by Crippen LogP contribution is 2.16. The largest absolute Gasteiger partial charge is 0.486 e. The number of rotatable bonds is 4. The van der Waals surface area contributed by atoms with Gasteiger partial charge in [0.05, 0.1) is 17.1 Å². The molecular weight excluding hydrogens is 296 g/mol. The van der Waals surface area contributed by atoms with Gasteiger partial charge >= 0.3 is 0 Å². The van der Waals surface area contributed by atoms with Gasteiger partial charge in [-0.3, -0.25) is 14.6 Å². The second-order valence-corrected chi connectivity index (χ2v) is 4.90.